The molecule has 2 aromatic rings. The Morgan fingerprint density at radius 3 is 2.09 bits per heavy atom. The fourth-order valence-electron chi connectivity index (χ4n) is 4.50. The first-order valence-corrected chi connectivity index (χ1v) is 11.7. The van der Waals surface area contributed by atoms with Gasteiger partial charge in [-0.15, -0.1) is 0 Å². The molecule has 0 spiro atoms. The molecule has 1 atom stereocenters. The topological polar surface area (TPSA) is 95.9 Å². The lowest BCUT2D eigenvalue weighted by Gasteiger charge is -2.31. The van der Waals surface area contributed by atoms with E-state index in [-0.39, 0.29) is 24.5 Å². The highest BCUT2D eigenvalue weighted by Gasteiger charge is 2.32. The predicted molar refractivity (Wildman–Crippen MR) is 131 cm³/mol. The van der Waals surface area contributed by atoms with E-state index in [0.717, 1.165) is 22.3 Å². The summed E-state index contributed by atoms with van der Waals surface area (Å²) in [4.78, 5) is 38.5. The molecule has 0 fully saturated rings. The van der Waals surface area contributed by atoms with Gasteiger partial charge in [-0.2, -0.15) is 0 Å². The molecule has 2 amide bonds. The van der Waals surface area contributed by atoms with Crippen LogP contribution < -0.4 is 5.32 Å². The van der Waals surface area contributed by atoms with Crippen LogP contribution in [0, 0.1) is 5.41 Å². The Bertz CT molecular complexity index is 998. The summed E-state index contributed by atoms with van der Waals surface area (Å²) in [5, 5.41) is 12.0. The van der Waals surface area contributed by atoms with Crippen molar-refractivity contribution in [2.45, 2.75) is 52.5 Å². The molecule has 2 N–H and O–H groups in total. The first-order chi connectivity index (χ1) is 16.1. The fourth-order valence-corrected chi connectivity index (χ4v) is 4.50. The van der Waals surface area contributed by atoms with E-state index in [1.807, 2.05) is 64.1 Å². The molecule has 2 aromatic carbocycles. The molecule has 0 radical (unpaired) electrons. The van der Waals surface area contributed by atoms with Gasteiger partial charge in [0.05, 0.1) is 0 Å². The molecule has 7 nitrogen and oxygen atoms in total. The monoisotopic (exact) mass is 466 g/mol. The van der Waals surface area contributed by atoms with Gasteiger partial charge in [0.2, 0.25) is 5.91 Å². The van der Waals surface area contributed by atoms with Gasteiger partial charge in [-0.25, -0.2) is 4.79 Å². The van der Waals surface area contributed by atoms with Gasteiger partial charge in [0.25, 0.3) is 0 Å². The largest absolute Gasteiger partial charge is 0.480 e. The van der Waals surface area contributed by atoms with Gasteiger partial charge in [0.1, 0.15) is 19.2 Å². The lowest BCUT2D eigenvalue weighted by Crippen LogP contribution is -2.52. The number of hydrogen-bond donors (Lipinski definition) is 2. The van der Waals surface area contributed by atoms with Crippen molar-refractivity contribution in [2.75, 3.05) is 19.7 Å². The highest BCUT2D eigenvalue weighted by atomic mass is 16.5. The minimum atomic E-state index is -1.09. The van der Waals surface area contributed by atoms with Crippen LogP contribution in [0.2, 0.25) is 0 Å². The Kier molecular flexibility index (Phi) is 7.97. The molecular weight excluding hydrogens is 432 g/mol. The fraction of sp³-hybridized carbons (Fsp3) is 0.444. The number of carboxylic acid groups (broad SMARTS) is 1. The molecule has 7 heteroatoms. The number of carbonyl (C=O) groups is 3. The van der Waals surface area contributed by atoms with E-state index in [1.165, 1.54) is 4.90 Å². The van der Waals surface area contributed by atoms with Crippen molar-refractivity contribution in [1.29, 1.82) is 0 Å². The maximum absolute atomic E-state index is 13.2. The maximum atomic E-state index is 13.2. The van der Waals surface area contributed by atoms with Crippen LogP contribution in [0.4, 0.5) is 4.79 Å². The summed E-state index contributed by atoms with van der Waals surface area (Å²) >= 11 is 0. The number of fused-ring (bicyclic) bond motifs is 3. The average molecular weight is 467 g/mol. The summed E-state index contributed by atoms with van der Waals surface area (Å²) in [7, 11) is 0. The summed E-state index contributed by atoms with van der Waals surface area (Å²) in [5.41, 5.74) is 4.20. The van der Waals surface area contributed by atoms with Gasteiger partial charge in [-0.1, -0.05) is 82.6 Å². The molecule has 0 aromatic heterocycles. The molecule has 182 valence electrons. The quantitative estimate of drug-likeness (QED) is 0.561. The second-order valence-electron chi connectivity index (χ2n) is 9.96. The van der Waals surface area contributed by atoms with Gasteiger partial charge in [-0.3, -0.25) is 9.59 Å². The smallest absolute Gasteiger partial charge is 0.407 e. The molecule has 3 rings (SSSR count). The van der Waals surface area contributed by atoms with Crippen LogP contribution in [0.1, 0.15) is 57.6 Å². The van der Waals surface area contributed by atoms with E-state index < -0.39 is 30.6 Å². The molecular formula is C27H34N2O5. The van der Waals surface area contributed by atoms with Crippen LogP contribution >= 0.6 is 0 Å². The van der Waals surface area contributed by atoms with Gasteiger partial charge in [0, 0.05) is 12.5 Å². The Balaban J connectivity index is 1.69. The van der Waals surface area contributed by atoms with Crippen LogP contribution in [0.3, 0.4) is 0 Å². The predicted octanol–water partition coefficient (Wildman–Crippen LogP) is 4.65. The third-order valence-corrected chi connectivity index (χ3v) is 5.81. The number of alkyl carbamates (subject to hydrolysis) is 1. The number of nitrogens with one attached hydrogen (secondary N) is 1. The number of benzene rings is 2. The minimum absolute atomic E-state index is 0.0807. The van der Waals surface area contributed by atoms with Crippen LogP contribution in [0.15, 0.2) is 48.5 Å². The molecule has 1 aliphatic carbocycles. The second-order valence-corrected chi connectivity index (χ2v) is 9.96. The van der Waals surface area contributed by atoms with Crippen molar-refractivity contribution >= 4 is 18.0 Å². The second kappa shape index (κ2) is 10.7. The first-order valence-electron chi connectivity index (χ1n) is 11.7. The Morgan fingerprint density at radius 2 is 1.59 bits per heavy atom. The molecule has 34 heavy (non-hydrogen) atoms. The number of nitrogens with zero attached hydrogens (tertiary/aromatic N) is 1. The molecule has 0 heterocycles. The van der Waals surface area contributed by atoms with Gasteiger partial charge >= 0.3 is 12.1 Å². The molecule has 0 unspecified atom stereocenters. The third kappa shape index (κ3) is 6.16. The minimum Gasteiger partial charge on any atom is -0.480 e. The Labute approximate surface area is 201 Å². The summed E-state index contributed by atoms with van der Waals surface area (Å²) in [6, 6.07) is 15.3. The maximum Gasteiger partial charge on any atom is 0.407 e. The van der Waals surface area contributed by atoms with Crippen molar-refractivity contribution in [2.24, 2.45) is 5.41 Å². The van der Waals surface area contributed by atoms with Crippen LogP contribution in [-0.2, 0) is 14.3 Å². The van der Waals surface area contributed by atoms with Crippen LogP contribution in [0.5, 0.6) is 0 Å². The van der Waals surface area contributed by atoms with Crippen LogP contribution in [0.25, 0.3) is 11.1 Å². The van der Waals surface area contributed by atoms with E-state index in [9.17, 15) is 19.5 Å². The van der Waals surface area contributed by atoms with Crippen molar-refractivity contribution < 1.29 is 24.2 Å². The zero-order chi connectivity index (χ0) is 24.9. The highest BCUT2D eigenvalue weighted by Crippen LogP contribution is 2.44. The molecule has 0 saturated carbocycles. The summed E-state index contributed by atoms with van der Waals surface area (Å²) in [6.45, 7) is 7.71. The number of carboxylic acids is 1. The normalized spacial score (nSPS) is 13.5. The third-order valence-electron chi connectivity index (χ3n) is 5.81. The number of hydrogen-bond acceptors (Lipinski definition) is 4. The molecule has 0 aliphatic heterocycles. The SMILES string of the molecule is CCC[C@@H](NC(=O)OCC1c2ccccc2-c2ccccc21)C(=O)N(CC(=O)O)CC(C)(C)C. The summed E-state index contributed by atoms with van der Waals surface area (Å²) in [6.07, 6.45) is 0.361. The van der Waals surface area contributed by atoms with Gasteiger partial charge in [0.15, 0.2) is 0 Å². The number of carbonyl (C=O) groups excluding carboxylic acids is 2. The number of ether oxygens (including phenoxy) is 1. The van der Waals surface area contributed by atoms with Gasteiger partial charge in [-0.05, 0) is 34.1 Å². The summed E-state index contributed by atoms with van der Waals surface area (Å²) < 4.78 is 5.59. The van der Waals surface area contributed by atoms with E-state index in [4.69, 9.17) is 4.74 Å². The molecule has 0 saturated heterocycles. The van der Waals surface area contributed by atoms with Crippen LogP contribution in [-0.4, -0.2) is 53.7 Å². The van der Waals surface area contributed by atoms with Crippen molar-refractivity contribution in [1.82, 2.24) is 10.2 Å². The number of rotatable bonds is 9. The number of aliphatic carboxylic acids is 1. The van der Waals surface area contributed by atoms with Gasteiger partial charge < -0.3 is 20.1 Å². The molecule has 0 bridgehead atoms. The first kappa shape index (κ1) is 25.3. The molecule has 1 aliphatic rings. The highest BCUT2D eigenvalue weighted by molar-refractivity contribution is 5.88. The standard InChI is InChI=1S/C27H34N2O5/c1-5-10-23(25(32)29(15-24(30)31)17-27(2,3)4)28-26(33)34-16-22-20-13-8-6-11-18(20)19-12-7-9-14-21(19)22/h6-9,11-14,22-23H,5,10,15-17H2,1-4H3,(H,28,33)(H,30,31)/t23-/m1/s1. The van der Waals surface area contributed by atoms with Crippen molar-refractivity contribution in [3.8, 4) is 11.1 Å². The van der Waals surface area contributed by atoms with Crippen molar-refractivity contribution in [3.63, 3.8) is 0 Å². The van der Waals surface area contributed by atoms with E-state index in [2.05, 4.69) is 17.4 Å². The zero-order valence-electron chi connectivity index (χ0n) is 20.3. The van der Waals surface area contributed by atoms with E-state index in [0.29, 0.717) is 12.8 Å². The Hall–Kier alpha value is -3.35. The van der Waals surface area contributed by atoms with E-state index in [1.54, 1.807) is 0 Å². The lowest BCUT2D eigenvalue weighted by atomic mass is 9.95. The van der Waals surface area contributed by atoms with E-state index >= 15 is 0 Å². The number of amides is 2. The van der Waals surface area contributed by atoms with Crippen molar-refractivity contribution in [3.05, 3.63) is 59.7 Å². The summed E-state index contributed by atoms with van der Waals surface area (Å²) in [5.74, 6) is -1.58. The Morgan fingerprint density at radius 1 is 1.03 bits per heavy atom. The average Bonchev–Trinajstić information content (AvgIpc) is 3.09. The zero-order valence-corrected chi connectivity index (χ0v) is 20.3. The lowest BCUT2D eigenvalue weighted by molar-refractivity contribution is -0.146.